The molecule has 0 aliphatic carbocycles. The van der Waals surface area contributed by atoms with Crippen molar-refractivity contribution < 1.29 is 13.7 Å². The van der Waals surface area contributed by atoms with Crippen LogP contribution in [0, 0.1) is 0 Å². The van der Waals surface area contributed by atoms with E-state index in [1.54, 1.807) is 0 Å². The van der Waals surface area contributed by atoms with Crippen LogP contribution in [0.4, 0.5) is 0 Å². The lowest BCUT2D eigenvalue weighted by atomic mass is 9.79. The van der Waals surface area contributed by atoms with Gasteiger partial charge >= 0.3 is 7.12 Å². The maximum atomic E-state index is 6.40. The van der Waals surface area contributed by atoms with Gasteiger partial charge in [-0.25, -0.2) is 0 Å². The lowest BCUT2D eigenvalue weighted by molar-refractivity contribution is 0.00578. The Balaban J connectivity index is 2.22. The topological polar surface area (TPSA) is 27.7 Å². The summed E-state index contributed by atoms with van der Waals surface area (Å²) >= 11 is 0. The van der Waals surface area contributed by atoms with Gasteiger partial charge in [0.1, 0.15) is 5.75 Å². The number of hydrogen-bond acceptors (Lipinski definition) is 3. The van der Waals surface area contributed by atoms with Crippen molar-refractivity contribution in [2.45, 2.75) is 77.8 Å². The average molecular weight is 334 g/mol. The van der Waals surface area contributed by atoms with Gasteiger partial charge in [-0.15, -0.1) is 0 Å². The van der Waals surface area contributed by atoms with Crippen molar-refractivity contribution in [1.82, 2.24) is 0 Å². The largest absolute Gasteiger partial charge is 0.544 e. The van der Waals surface area contributed by atoms with E-state index < -0.39 is 8.32 Å². The third-order valence-corrected chi connectivity index (χ3v) is 9.92. The molecule has 23 heavy (non-hydrogen) atoms. The molecule has 0 spiro atoms. The van der Waals surface area contributed by atoms with Crippen LogP contribution in [-0.2, 0) is 9.31 Å². The van der Waals surface area contributed by atoms with Crippen LogP contribution in [-0.4, -0.2) is 26.6 Å². The number of benzene rings is 1. The fourth-order valence-corrected chi connectivity index (χ4v) is 3.17. The fraction of sp³-hybridized carbons (Fsp3) is 0.667. The van der Waals surface area contributed by atoms with Gasteiger partial charge in [-0.2, -0.15) is 0 Å². The second-order valence-corrected chi connectivity index (χ2v) is 13.7. The molecule has 0 N–H and O–H groups in total. The first-order valence-corrected chi connectivity index (χ1v) is 11.3. The second kappa shape index (κ2) is 5.64. The smallest absolute Gasteiger partial charge is 0.494 e. The molecule has 1 aromatic rings. The van der Waals surface area contributed by atoms with Gasteiger partial charge in [0.25, 0.3) is 0 Å². The summed E-state index contributed by atoms with van der Waals surface area (Å²) in [5.41, 5.74) is 0.363. The second-order valence-electron chi connectivity index (χ2n) is 9.02. The van der Waals surface area contributed by atoms with Crippen LogP contribution in [0.2, 0.25) is 18.1 Å². The molecule has 1 saturated heterocycles. The summed E-state index contributed by atoms with van der Waals surface area (Å²) in [6.07, 6.45) is 0. The third kappa shape index (κ3) is 3.67. The Labute approximate surface area is 143 Å². The van der Waals surface area contributed by atoms with Gasteiger partial charge < -0.3 is 13.7 Å². The molecule has 5 heteroatoms. The zero-order valence-corrected chi connectivity index (χ0v) is 17.1. The summed E-state index contributed by atoms with van der Waals surface area (Å²) in [7, 11) is -2.19. The van der Waals surface area contributed by atoms with E-state index in [0.717, 1.165) is 11.2 Å². The highest BCUT2D eigenvalue weighted by molar-refractivity contribution is 6.74. The first kappa shape index (κ1) is 18.6. The normalized spacial score (nSPS) is 20.7. The highest BCUT2D eigenvalue weighted by Gasteiger charge is 2.51. The molecule has 0 saturated carbocycles. The Hall–Kier alpha value is -0.778. The monoisotopic (exact) mass is 334 g/mol. The van der Waals surface area contributed by atoms with E-state index >= 15 is 0 Å². The Morgan fingerprint density at radius 2 is 1.52 bits per heavy atom. The van der Waals surface area contributed by atoms with E-state index in [-0.39, 0.29) is 23.4 Å². The Bertz CT molecular complexity index is 560. The molecule has 1 aliphatic rings. The van der Waals surface area contributed by atoms with Gasteiger partial charge in [0.05, 0.1) is 11.2 Å². The highest BCUT2D eigenvalue weighted by atomic mass is 28.4. The SMILES string of the molecule is CC1(C)OB(c2cccc(O[Si](C)(C)C(C)(C)C)c2)OC1(C)C. The first-order chi connectivity index (χ1) is 10.3. The van der Waals surface area contributed by atoms with Crippen LogP contribution in [0.1, 0.15) is 48.5 Å². The summed E-state index contributed by atoms with van der Waals surface area (Å²) in [5.74, 6) is 0.906. The van der Waals surface area contributed by atoms with Crippen LogP contribution in [0.15, 0.2) is 24.3 Å². The minimum absolute atomic E-state index is 0.174. The summed E-state index contributed by atoms with van der Waals surface area (Å²) < 4.78 is 18.7. The average Bonchev–Trinajstić information content (AvgIpc) is 2.57. The fourth-order valence-electron chi connectivity index (χ4n) is 2.15. The van der Waals surface area contributed by atoms with E-state index in [1.807, 2.05) is 18.2 Å². The van der Waals surface area contributed by atoms with Crippen molar-refractivity contribution >= 4 is 20.9 Å². The summed E-state index contributed by atoms with van der Waals surface area (Å²) in [5, 5.41) is 0.174. The van der Waals surface area contributed by atoms with Crippen molar-refractivity contribution in [3.8, 4) is 5.75 Å². The molecule has 0 aromatic heterocycles. The molecule has 0 atom stereocenters. The van der Waals surface area contributed by atoms with Crippen LogP contribution >= 0.6 is 0 Å². The summed E-state index contributed by atoms with van der Waals surface area (Å²) in [6, 6.07) is 8.14. The molecule has 3 nitrogen and oxygen atoms in total. The van der Waals surface area contributed by atoms with Crippen molar-refractivity contribution in [2.24, 2.45) is 0 Å². The molecule has 2 rings (SSSR count). The van der Waals surface area contributed by atoms with Crippen LogP contribution in [0.25, 0.3) is 0 Å². The van der Waals surface area contributed by atoms with Gasteiger partial charge in [0.2, 0.25) is 8.32 Å². The molecule has 128 valence electrons. The van der Waals surface area contributed by atoms with Gasteiger partial charge in [-0.05, 0) is 63.4 Å². The molecular weight excluding hydrogens is 303 g/mol. The molecule has 1 fully saturated rings. The summed E-state index contributed by atoms with van der Waals surface area (Å²) in [6.45, 7) is 19.5. The Kier molecular flexibility index (Phi) is 4.55. The highest BCUT2D eigenvalue weighted by Crippen LogP contribution is 2.38. The van der Waals surface area contributed by atoms with Crippen molar-refractivity contribution in [3.05, 3.63) is 24.3 Å². The van der Waals surface area contributed by atoms with Crippen molar-refractivity contribution in [2.75, 3.05) is 0 Å². The Morgan fingerprint density at radius 1 is 1.00 bits per heavy atom. The van der Waals surface area contributed by atoms with Crippen LogP contribution in [0.5, 0.6) is 5.75 Å². The minimum atomic E-state index is -1.85. The lowest BCUT2D eigenvalue weighted by Crippen LogP contribution is -2.44. The van der Waals surface area contributed by atoms with Gasteiger partial charge in [0.15, 0.2) is 0 Å². The standard InChI is InChI=1S/C18H31BO3Si/c1-16(2,3)23(8,9)20-15-12-10-11-14(13-15)19-21-17(4,5)18(6,7)22-19/h10-13H,1-9H3. The zero-order chi connectivity index (χ0) is 17.7. The van der Waals surface area contributed by atoms with E-state index in [4.69, 9.17) is 13.7 Å². The zero-order valence-electron chi connectivity index (χ0n) is 16.1. The van der Waals surface area contributed by atoms with Crippen molar-refractivity contribution in [1.29, 1.82) is 0 Å². The molecule has 1 aliphatic heterocycles. The van der Waals surface area contributed by atoms with Crippen LogP contribution < -0.4 is 9.89 Å². The molecule has 1 aromatic carbocycles. The molecular formula is C18H31BO3Si. The maximum absolute atomic E-state index is 6.40. The van der Waals surface area contributed by atoms with E-state index in [0.29, 0.717) is 0 Å². The summed E-state index contributed by atoms with van der Waals surface area (Å²) in [4.78, 5) is 0. The molecule has 0 bridgehead atoms. The van der Waals surface area contributed by atoms with E-state index in [9.17, 15) is 0 Å². The molecule has 0 radical (unpaired) electrons. The molecule has 1 heterocycles. The quantitative estimate of drug-likeness (QED) is 0.768. The van der Waals surface area contributed by atoms with Gasteiger partial charge in [0, 0.05) is 0 Å². The van der Waals surface area contributed by atoms with Crippen LogP contribution in [0.3, 0.4) is 0 Å². The van der Waals surface area contributed by atoms with E-state index in [1.165, 1.54) is 0 Å². The third-order valence-electron chi connectivity index (χ3n) is 5.56. The predicted molar refractivity (Wildman–Crippen MR) is 100.0 cm³/mol. The molecule has 0 amide bonds. The number of hydrogen-bond donors (Lipinski definition) is 0. The lowest BCUT2D eigenvalue weighted by Gasteiger charge is -2.36. The predicted octanol–water partition coefficient (Wildman–Crippen LogP) is 4.37. The van der Waals surface area contributed by atoms with E-state index in [2.05, 4.69) is 67.6 Å². The number of rotatable bonds is 3. The van der Waals surface area contributed by atoms with Gasteiger partial charge in [-0.3, -0.25) is 0 Å². The Morgan fingerprint density at radius 3 is 2.00 bits per heavy atom. The minimum Gasteiger partial charge on any atom is -0.544 e. The van der Waals surface area contributed by atoms with Crippen molar-refractivity contribution in [3.63, 3.8) is 0 Å². The molecule has 0 unspecified atom stereocenters. The maximum Gasteiger partial charge on any atom is 0.494 e. The first-order valence-electron chi connectivity index (χ1n) is 8.40. The van der Waals surface area contributed by atoms with Gasteiger partial charge in [-0.1, -0.05) is 32.9 Å².